The molecular weight excluding hydrogens is 221 g/mol. The predicted octanol–water partition coefficient (Wildman–Crippen LogP) is 3.21. The lowest BCUT2D eigenvalue weighted by Gasteiger charge is -1.92. The summed E-state index contributed by atoms with van der Waals surface area (Å²) in [5.74, 6) is 0. The van der Waals surface area contributed by atoms with E-state index in [2.05, 4.69) is 20.9 Å². The van der Waals surface area contributed by atoms with Crippen molar-refractivity contribution in [2.75, 3.05) is 0 Å². The van der Waals surface area contributed by atoms with Gasteiger partial charge < -0.3 is 0 Å². The molecule has 0 saturated heterocycles. The van der Waals surface area contributed by atoms with Gasteiger partial charge in [-0.15, -0.1) is 22.9 Å². The Morgan fingerprint density at radius 1 is 1.89 bits per heavy atom. The Kier molecular flexibility index (Phi) is 2.50. The smallest absolute Gasteiger partial charge is 0.159 e. The number of alkyl halides is 1. The first-order chi connectivity index (χ1) is 4.20. The number of thiazole rings is 1. The minimum absolute atomic E-state index is 0.0209. The molecule has 0 fully saturated rings. The summed E-state index contributed by atoms with van der Waals surface area (Å²) in [6.07, 6.45) is 0. The van der Waals surface area contributed by atoms with Crippen LogP contribution in [0.3, 0.4) is 0 Å². The van der Waals surface area contributed by atoms with Gasteiger partial charge in [-0.2, -0.15) is 0 Å². The van der Waals surface area contributed by atoms with E-state index in [0.29, 0.717) is 0 Å². The third-order valence-electron chi connectivity index (χ3n) is 0.901. The molecule has 0 amide bonds. The first-order valence-electron chi connectivity index (χ1n) is 2.45. The molecule has 0 aliphatic heterocycles. The van der Waals surface area contributed by atoms with Gasteiger partial charge in [0.15, 0.2) is 3.92 Å². The van der Waals surface area contributed by atoms with Crippen molar-refractivity contribution in [3.05, 3.63) is 15.0 Å². The lowest BCUT2D eigenvalue weighted by molar-refractivity contribution is 1.01. The Morgan fingerprint density at radius 2 is 2.56 bits per heavy atom. The molecule has 9 heavy (non-hydrogen) atoms. The van der Waals surface area contributed by atoms with Crippen molar-refractivity contribution in [2.45, 2.75) is 12.3 Å². The summed E-state index contributed by atoms with van der Waals surface area (Å²) in [5.41, 5.74) is 0.938. The van der Waals surface area contributed by atoms with Crippen LogP contribution in [0.4, 0.5) is 0 Å². The zero-order valence-electron chi connectivity index (χ0n) is 4.77. The standard InChI is InChI=1S/C5H5BrClNS/c1-3(7)4-2-9-5(6)8-4/h2-3H,1H3. The number of aromatic nitrogens is 1. The quantitative estimate of drug-likeness (QED) is 0.670. The molecule has 0 radical (unpaired) electrons. The number of rotatable bonds is 1. The molecule has 1 rings (SSSR count). The Balaban J connectivity index is 2.85. The number of halogens is 2. The molecule has 1 atom stereocenters. The minimum atomic E-state index is 0.0209. The van der Waals surface area contributed by atoms with E-state index in [4.69, 9.17) is 11.6 Å². The highest BCUT2D eigenvalue weighted by molar-refractivity contribution is 9.11. The minimum Gasteiger partial charge on any atom is -0.233 e. The maximum atomic E-state index is 5.74. The largest absolute Gasteiger partial charge is 0.233 e. The fourth-order valence-electron chi connectivity index (χ4n) is 0.446. The van der Waals surface area contributed by atoms with Crippen LogP contribution in [0.15, 0.2) is 9.30 Å². The van der Waals surface area contributed by atoms with Crippen LogP contribution in [0.2, 0.25) is 0 Å². The molecule has 1 aromatic heterocycles. The second-order valence-electron chi connectivity index (χ2n) is 1.64. The zero-order valence-corrected chi connectivity index (χ0v) is 7.92. The van der Waals surface area contributed by atoms with Gasteiger partial charge in [0.05, 0.1) is 11.1 Å². The van der Waals surface area contributed by atoms with Gasteiger partial charge in [-0.05, 0) is 22.9 Å². The molecule has 0 spiro atoms. The summed E-state index contributed by atoms with van der Waals surface area (Å²) in [4.78, 5) is 4.11. The molecule has 1 aromatic rings. The van der Waals surface area contributed by atoms with Crippen LogP contribution in [0, 0.1) is 0 Å². The monoisotopic (exact) mass is 225 g/mol. The van der Waals surface area contributed by atoms with Gasteiger partial charge in [-0.1, -0.05) is 0 Å². The Hall–Kier alpha value is 0.400. The van der Waals surface area contributed by atoms with E-state index < -0.39 is 0 Å². The molecule has 0 N–H and O–H groups in total. The topological polar surface area (TPSA) is 12.9 Å². The SMILES string of the molecule is CC(Cl)c1csc(Br)n1. The van der Waals surface area contributed by atoms with Crippen LogP contribution < -0.4 is 0 Å². The van der Waals surface area contributed by atoms with Gasteiger partial charge in [-0.25, -0.2) is 4.98 Å². The third kappa shape index (κ3) is 1.92. The summed E-state index contributed by atoms with van der Waals surface area (Å²) in [6, 6.07) is 0. The number of nitrogens with zero attached hydrogens (tertiary/aromatic N) is 1. The molecule has 0 aromatic carbocycles. The van der Waals surface area contributed by atoms with E-state index in [1.54, 1.807) is 11.3 Å². The molecule has 0 saturated carbocycles. The lowest BCUT2D eigenvalue weighted by atomic mass is 10.4. The highest BCUT2D eigenvalue weighted by atomic mass is 79.9. The van der Waals surface area contributed by atoms with Gasteiger partial charge in [-0.3, -0.25) is 0 Å². The van der Waals surface area contributed by atoms with Crippen molar-refractivity contribution in [3.8, 4) is 0 Å². The molecule has 50 valence electrons. The normalized spacial score (nSPS) is 13.7. The zero-order chi connectivity index (χ0) is 6.85. The van der Waals surface area contributed by atoms with Gasteiger partial charge >= 0.3 is 0 Å². The fourth-order valence-corrected chi connectivity index (χ4v) is 1.75. The van der Waals surface area contributed by atoms with Crippen molar-refractivity contribution >= 4 is 38.9 Å². The molecule has 1 nitrogen and oxygen atoms in total. The van der Waals surface area contributed by atoms with Crippen LogP contribution >= 0.6 is 38.9 Å². The van der Waals surface area contributed by atoms with Gasteiger partial charge in [0.25, 0.3) is 0 Å². The molecule has 0 aliphatic carbocycles. The van der Waals surface area contributed by atoms with Crippen LogP contribution in [0.5, 0.6) is 0 Å². The molecule has 0 bridgehead atoms. The summed E-state index contributed by atoms with van der Waals surface area (Å²) >= 11 is 10.5. The lowest BCUT2D eigenvalue weighted by Crippen LogP contribution is -1.81. The van der Waals surface area contributed by atoms with Gasteiger partial charge in [0.2, 0.25) is 0 Å². The van der Waals surface area contributed by atoms with Crippen LogP contribution in [0.25, 0.3) is 0 Å². The molecule has 1 unspecified atom stereocenters. The summed E-state index contributed by atoms with van der Waals surface area (Å²) in [7, 11) is 0. The van der Waals surface area contributed by atoms with E-state index >= 15 is 0 Å². The molecule has 4 heteroatoms. The van der Waals surface area contributed by atoms with Crippen molar-refractivity contribution in [1.29, 1.82) is 0 Å². The molecule has 0 aliphatic rings. The van der Waals surface area contributed by atoms with E-state index in [9.17, 15) is 0 Å². The Labute approximate surface area is 71.2 Å². The summed E-state index contributed by atoms with van der Waals surface area (Å²) in [5, 5.41) is 1.97. The fraction of sp³-hybridized carbons (Fsp3) is 0.400. The predicted molar refractivity (Wildman–Crippen MR) is 44.1 cm³/mol. The summed E-state index contributed by atoms with van der Waals surface area (Å²) < 4.78 is 0.894. The Bertz CT molecular complexity index is 199. The first-order valence-corrected chi connectivity index (χ1v) is 4.56. The summed E-state index contributed by atoms with van der Waals surface area (Å²) in [6.45, 7) is 1.91. The van der Waals surface area contributed by atoms with Crippen molar-refractivity contribution < 1.29 is 0 Å². The van der Waals surface area contributed by atoms with E-state index in [-0.39, 0.29) is 5.38 Å². The van der Waals surface area contributed by atoms with E-state index in [0.717, 1.165) is 9.61 Å². The van der Waals surface area contributed by atoms with Crippen molar-refractivity contribution in [2.24, 2.45) is 0 Å². The van der Waals surface area contributed by atoms with Crippen LogP contribution in [0.1, 0.15) is 18.0 Å². The maximum Gasteiger partial charge on any atom is 0.159 e. The number of hydrogen-bond acceptors (Lipinski definition) is 2. The Morgan fingerprint density at radius 3 is 2.78 bits per heavy atom. The van der Waals surface area contributed by atoms with Crippen molar-refractivity contribution in [1.82, 2.24) is 4.98 Å². The second-order valence-corrected chi connectivity index (χ2v) is 4.43. The van der Waals surface area contributed by atoms with E-state index in [1.807, 2.05) is 12.3 Å². The van der Waals surface area contributed by atoms with Gasteiger partial charge in [0, 0.05) is 5.38 Å². The maximum absolute atomic E-state index is 5.74. The third-order valence-corrected chi connectivity index (χ3v) is 2.51. The highest BCUT2D eigenvalue weighted by Gasteiger charge is 2.03. The van der Waals surface area contributed by atoms with E-state index in [1.165, 1.54) is 0 Å². The van der Waals surface area contributed by atoms with Gasteiger partial charge in [0.1, 0.15) is 0 Å². The molecular formula is C5H5BrClNS. The highest BCUT2D eigenvalue weighted by Crippen LogP contribution is 2.23. The molecule has 1 heterocycles. The average Bonchev–Trinajstić information content (AvgIpc) is 2.14. The van der Waals surface area contributed by atoms with Crippen LogP contribution in [-0.4, -0.2) is 4.98 Å². The average molecular weight is 227 g/mol. The number of hydrogen-bond donors (Lipinski definition) is 0. The van der Waals surface area contributed by atoms with Crippen molar-refractivity contribution in [3.63, 3.8) is 0 Å². The first kappa shape index (κ1) is 7.51. The second kappa shape index (κ2) is 2.99. The van der Waals surface area contributed by atoms with Crippen LogP contribution in [-0.2, 0) is 0 Å².